The lowest BCUT2D eigenvalue weighted by molar-refractivity contribution is 0.352. The standard InChI is InChI=1S/C12H15F2NO/c1-16-12-10(13)5-4-9(11(12)14)8-3-2-6-15-7-8/h4-5,8,15H,2-3,6-7H2,1H3. The quantitative estimate of drug-likeness (QED) is 0.837. The zero-order chi connectivity index (χ0) is 11.5. The third-order valence-corrected chi connectivity index (χ3v) is 3.02. The molecular formula is C12H15F2NO. The van der Waals surface area contributed by atoms with Crippen LogP contribution in [0.15, 0.2) is 12.1 Å². The van der Waals surface area contributed by atoms with Gasteiger partial charge in [0.05, 0.1) is 7.11 Å². The van der Waals surface area contributed by atoms with E-state index in [0.717, 1.165) is 25.9 Å². The third kappa shape index (κ3) is 2.02. The van der Waals surface area contributed by atoms with Crippen LogP contribution < -0.4 is 10.1 Å². The molecule has 0 radical (unpaired) electrons. The first kappa shape index (κ1) is 11.3. The summed E-state index contributed by atoms with van der Waals surface area (Å²) in [4.78, 5) is 0. The summed E-state index contributed by atoms with van der Waals surface area (Å²) in [7, 11) is 1.28. The fourth-order valence-corrected chi connectivity index (χ4v) is 2.17. The fourth-order valence-electron chi connectivity index (χ4n) is 2.17. The molecule has 1 aromatic rings. The first-order chi connectivity index (χ1) is 7.74. The average Bonchev–Trinajstić information content (AvgIpc) is 2.31. The molecule has 2 nitrogen and oxygen atoms in total. The summed E-state index contributed by atoms with van der Waals surface area (Å²) in [6.07, 6.45) is 1.95. The molecule has 0 spiro atoms. The number of benzene rings is 1. The molecular weight excluding hydrogens is 212 g/mol. The number of piperidine rings is 1. The molecule has 1 fully saturated rings. The Morgan fingerprint density at radius 2 is 2.19 bits per heavy atom. The van der Waals surface area contributed by atoms with E-state index in [1.54, 1.807) is 0 Å². The van der Waals surface area contributed by atoms with Gasteiger partial charge in [-0.2, -0.15) is 0 Å². The Morgan fingerprint density at radius 3 is 2.81 bits per heavy atom. The molecule has 0 aromatic heterocycles. The van der Waals surface area contributed by atoms with Crippen molar-refractivity contribution in [3.05, 3.63) is 29.3 Å². The van der Waals surface area contributed by atoms with Crippen molar-refractivity contribution in [2.45, 2.75) is 18.8 Å². The fraction of sp³-hybridized carbons (Fsp3) is 0.500. The second kappa shape index (κ2) is 4.78. The molecule has 1 aliphatic rings. The Morgan fingerprint density at radius 1 is 1.38 bits per heavy atom. The number of rotatable bonds is 2. The van der Waals surface area contributed by atoms with Gasteiger partial charge in [0, 0.05) is 6.54 Å². The highest BCUT2D eigenvalue weighted by molar-refractivity contribution is 5.35. The highest BCUT2D eigenvalue weighted by Crippen LogP contribution is 2.31. The van der Waals surface area contributed by atoms with E-state index in [1.807, 2.05) is 0 Å². The van der Waals surface area contributed by atoms with Gasteiger partial charge in [-0.15, -0.1) is 0 Å². The average molecular weight is 227 g/mol. The normalized spacial score (nSPS) is 20.8. The molecule has 1 saturated heterocycles. The number of halogens is 2. The molecule has 1 aliphatic heterocycles. The number of nitrogens with one attached hydrogen (secondary N) is 1. The van der Waals surface area contributed by atoms with E-state index < -0.39 is 11.6 Å². The SMILES string of the molecule is COc1c(F)ccc(C2CCCNC2)c1F. The van der Waals surface area contributed by atoms with Crippen molar-refractivity contribution in [1.82, 2.24) is 5.32 Å². The lowest BCUT2D eigenvalue weighted by atomic mass is 9.91. The van der Waals surface area contributed by atoms with Crippen LogP contribution in [0.4, 0.5) is 8.78 Å². The van der Waals surface area contributed by atoms with Crippen LogP contribution in [0.1, 0.15) is 24.3 Å². The molecule has 0 bridgehead atoms. The summed E-state index contributed by atoms with van der Waals surface area (Å²) in [6, 6.07) is 2.79. The van der Waals surface area contributed by atoms with Gasteiger partial charge in [-0.05, 0) is 36.9 Å². The minimum atomic E-state index is -0.646. The Hall–Kier alpha value is -1.16. The number of methoxy groups -OCH3 is 1. The molecule has 88 valence electrons. The molecule has 1 N–H and O–H groups in total. The Balaban J connectivity index is 2.33. The Bertz CT molecular complexity index is 376. The highest BCUT2D eigenvalue weighted by atomic mass is 19.1. The van der Waals surface area contributed by atoms with Crippen LogP contribution in [0.2, 0.25) is 0 Å². The Kier molecular flexibility index (Phi) is 3.39. The summed E-state index contributed by atoms with van der Waals surface area (Å²) in [5.41, 5.74) is 0.547. The second-order valence-electron chi connectivity index (χ2n) is 4.03. The van der Waals surface area contributed by atoms with Gasteiger partial charge in [-0.3, -0.25) is 0 Å². The largest absolute Gasteiger partial charge is 0.491 e. The molecule has 4 heteroatoms. The van der Waals surface area contributed by atoms with E-state index in [0.29, 0.717) is 5.56 Å². The number of ether oxygens (including phenoxy) is 1. The van der Waals surface area contributed by atoms with E-state index >= 15 is 0 Å². The third-order valence-electron chi connectivity index (χ3n) is 3.02. The maximum Gasteiger partial charge on any atom is 0.190 e. The summed E-state index contributed by atoms with van der Waals surface area (Å²) in [5, 5.41) is 3.21. The maximum absolute atomic E-state index is 13.9. The van der Waals surface area contributed by atoms with Crippen LogP contribution in [0.3, 0.4) is 0 Å². The van der Waals surface area contributed by atoms with Gasteiger partial charge in [0.25, 0.3) is 0 Å². The lowest BCUT2D eigenvalue weighted by Crippen LogP contribution is -2.28. The van der Waals surface area contributed by atoms with Gasteiger partial charge in [0.2, 0.25) is 0 Å². The Labute approximate surface area is 93.6 Å². The van der Waals surface area contributed by atoms with Crippen molar-refractivity contribution in [2.24, 2.45) is 0 Å². The smallest absolute Gasteiger partial charge is 0.190 e. The molecule has 1 unspecified atom stereocenters. The van der Waals surface area contributed by atoms with Gasteiger partial charge < -0.3 is 10.1 Å². The van der Waals surface area contributed by atoms with E-state index in [-0.39, 0.29) is 11.7 Å². The molecule has 0 saturated carbocycles. The predicted molar refractivity (Wildman–Crippen MR) is 57.8 cm³/mol. The first-order valence-electron chi connectivity index (χ1n) is 5.46. The predicted octanol–water partition coefficient (Wildman–Crippen LogP) is 2.44. The summed E-state index contributed by atoms with van der Waals surface area (Å²) in [5.74, 6) is -1.37. The summed E-state index contributed by atoms with van der Waals surface area (Å²) < 4.78 is 31.9. The molecule has 0 amide bonds. The minimum absolute atomic E-state index is 0.114. The molecule has 16 heavy (non-hydrogen) atoms. The molecule has 1 aromatic carbocycles. The number of hydrogen-bond donors (Lipinski definition) is 1. The van der Waals surface area contributed by atoms with Crippen LogP contribution in [0.25, 0.3) is 0 Å². The van der Waals surface area contributed by atoms with Gasteiger partial charge in [0.1, 0.15) is 0 Å². The van der Waals surface area contributed by atoms with Crippen molar-refractivity contribution in [1.29, 1.82) is 0 Å². The molecule has 1 atom stereocenters. The van der Waals surface area contributed by atoms with E-state index in [9.17, 15) is 8.78 Å². The van der Waals surface area contributed by atoms with Crippen LogP contribution in [0.5, 0.6) is 5.75 Å². The topological polar surface area (TPSA) is 21.3 Å². The van der Waals surface area contributed by atoms with E-state index in [4.69, 9.17) is 4.74 Å². The van der Waals surface area contributed by atoms with Crippen molar-refractivity contribution < 1.29 is 13.5 Å². The highest BCUT2D eigenvalue weighted by Gasteiger charge is 2.22. The monoisotopic (exact) mass is 227 g/mol. The maximum atomic E-state index is 13.9. The van der Waals surface area contributed by atoms with Crippen LogP contribution in [-0.2, 0) is 0 Å². The second-order valence-corrected chi connectivity index (χ2v) is 4.03. The van der Waals surface area contributed by atoms with E-state index in [1.165, 1.54) is 19.2 Å². The van der Waals surface area contributed by atoms with Crippen molar-refractivity contribution in [3.63, 3.8) is 0 Å². The minimum Gasteiger partial charge on any atom is -0.491 e. The van der Waals surface area contributed by atoms with Gasteiger partial charge >= 0.3 is 0 Å². The van der Waals surface area contributed by atoms with Crippen molar-refractivity contribution >= 4 is 0 Å². The number of hydrogen-bond acceptors (Lipinski definition) is 2. The molecule has 1 heterocycles. The molecule has 0 aliphatic carbocycles. The van der Waals surface area contributed by atoms with Gasteiger partial charge in [-0.1, -0.05) is 6.07 Å². The van der Waals surface area contributed by atoms with E-state index in [2.05, 4.69) is 5.32 Å². The van der Waals surface area contributed by atoms with Crippen LogP contribution >= 0.6 is 0 Å². The summed E-state index contributed by atoms with van der Waals surface area (Å²) in [6.45, 7) is 1.71. The van der Waals surface area contributed by atoms with Crippen LogP contribution in [-0.4, -0.2) is 20.2 Å². The molecule has 2 rings (SSSR count). The van der Waals surface area contributed by atoms with Crippen molar-refractivity contribution in [3.8, 4) is 5.75 Å². The van der Waals surface area contributed by atoms with Gasteiger partial charge in [0.15, 0.2) is 17.4 Å². The summed E-state index contributed by atoms with van der Waals surface area (Å²) >= 11 is 0. The first-order valence-corrected chi connectivity index (χ1v) is 5.46. The van der Waals surface area contributed by atoms with Crippen LogP contribution in [0, 0.1) is 11.6 Å². The lowest BCUT2D eigenvalue weighted by Gasteiger charge is -2.24. The zero-order valence-electron chi connectivity index (χ0n) is 9.22. The van der Waals surface area contributed by atoms with Crippen molar-refractivity contribution in [2.75, 3.05) is 20.2 Å². The zero-order valence-corrected chi connectivity index (χ0v) is 9.22. The van der Waals surface area contributed by atoms with Gasteiger partial charge in [-0.25, -0.2) is 8.78 Å².